The molecule has 0 spiro atoms. The molecule has 2 fully saturated rings. The van der Waals surface area contributed by atoms with E-state index in [0.29, 0.717) is 12.0 Å². The van der Waals surface area contributed by atoms with Gasteiger partial charge < -0.3 is 4.74 Å². The number of hydrogen-bond acceptors (Lipinski definition) is 2. The summed E-state index contributed by atoms with van der Waals surface area (Å²) in [6.07, 6.45) is 20.3. The van der Waals surface area contributed by atoms with Crippen LogP contribution in [0.5, 0.6) is 0 Å². The number of rotatable bonds is 1. The zero-order chi connectivity index (χ0) is 13.4. The molecule has 1 nitrogen and oxygen atoms in total. The Kier molecular flexibility index (Phi) is 3.51. The van der Waals surface area contributed by atoms with Crippen molar-refractivity contribution in [3.05, 3.63) is 47.1 Å². The van der Waals surface area contributed by atoms with Gasteiger partial charge in [-0.1, -0.05) is 30.4 Å². The van der Waals surface area contributed by atoms with Gasteiger partial charge in [0, 0.05) is 17.6 Å². The van der Waals surface area contributed by atoms with Gasteiger partial charge in [0.2, 0.25) is 0 Å². The molecule has 0 amide bonds. The fourth-order valence-corrected chi connectivity index (χ4v) is 5.28. The Labute approximate surface area is 125 Å². The van der Waals surface area contributed by atoms with Crippen molar-refractivity contribution in [1.82, 2.24) is 0 Å². The summed E-state index contributed by atoms with van der Waals surface area (Å²) in [5.74, 6) is 4.68. The van der Waals surface area contributed by atoms with Crippen molar-refractivity contribution in [3.8, 4) is 0 Å². The number of thioether (sulfide) groups is 1. The van der Waals surface area contributed by atoms with Crippen molar-refractivity contribution < 1.29 is 4.74 Å². The molecule has 0 saturated carbocycles. The summed E-state index contributed by atoms with van der Waals surface area (Å²) >= 11 is 2.07. The molecule has 4 atom stereocenters. The SMILES string of the molecule is C1=CCC2CCC(C3CSC4=CC=CCC4C3)OC2=C1. The zero-order valence-electron chi connectivity index (χ0n) is 11.8. The fourth-order valence-electron chi connectivity index (χ4n) is 3.92. The molecule has 2 heterocycles. The molecule has 0 aromatic heterocycles. The Balaban J connectivity index is 1.44. The second kappa shape index (κ2) is 5.48. The maximum absolute atomic E-state index is 6.37. The van der Waals surface area contributed by atoms with Gasteiger partial charge in [0.25, 0.3) is 0 Å². The lowest BCUT2D eigenvalue weighted by molar-refractivity contribution is 0.00619. The lowest BCUT2D eigenvalue weighted by atomic mass is 9.82. The first kappa shape index (κ1) is 12.8. The van der Waals surface area contributed by atoms with E-state index in [9.17, 15) is 0 Å². The van der Waals surface area contributed by atoms with E-state index in [0.717, 1.165) is 11.8 Å². The normalized spacial score (nSPS) is 39.2. The Morgan fingerprint density at radius 2 is 1.85 bits per heavy atom. The lowest BCUT2D eigenvalue weighted by Gasteiger charge is -2.41. The van der Waals surface area contributed by atoms with Crippen LogP contribution in [0.2, 0.25) is 0 Å². The second-order valence-electron chi connectivity index (χ2n) is 6.40. The Morgan fingerprint density at radius 3 is 2.80 bits per heavy atom. The topological polar surface area (TPSA) is 9.23 Å². The molecule has 0 bridgehead atoms. The third-order valence-corrected chi connectivity index (χ3v) is 6.50. The second-order valence-corrected chi connectivity index (χ2v) is 7.49. The molecule has 2 aliphatic heterocycles. The average Bonchev–Trinajstić information content (AvgIpc) is 2.54. The smallest absolute Gasteiger partial charge is 0.102 e. The molecule has 106 valence electrons. The Morgan fingerprint density at radius 1 is 1.00 bits per heavy atom. The van der Waals surface area contributed by atoms with E-state index in [2.05, 4.69) is 48.2 Å². The van der Waals surface area contributed by atoms with Crippen LogP contribution in [0.15, 0.2) is 47.1 Å². The molecular formula is C18H22OS. The first-order chi connectivity index (χ1) is 9.90. The fraction of sp³-hybridized carbons (Fsp3) is 0.556. The summed E-state index contributed by atoms with van der Waals surface area (Å²) in [6.45, 7) is 0. The quantitative estimate of drug-likeness (QED) is 0.682. The van der Waals surface area contributed by atoms with Gasteiger partial charge in [0.05, 0.1) is 5.76 Å². The first-order valence-corrected chi connectivity index (χ1v) is 8.91. The minimum absolute atomic E-state index is 0.462. The van der Waals surface area contributed by atoms with Crippen molar-refractivity contribution in [2.75, 3.05) is 5.75 Å². The zero-order valence-corrected chi connectivity index (χ0v) is 12.6. The van der Waals surface area contributed by atoms with Crippen molar-refractivity contribution >= 4 is 11.8 Å². The highest BCUT2D eigenvalue weighted by Gasteiger charge is 2.36. The molecule has 0 aromatic carbocycles. The molecule has 4 aliphatic rings. The van der Waals surface area contributed by atoms with E-state index in [-0.39, 0.29) is 0 Å². The van der Waals surface area contributed by atoms with E-state index in [1.165, 1.54) is 43.6 Å². The van der Waals surface area contributed by atoms with Crippen LogP contribution in [0.1, 0.15) is 32.1 Å². The lowest BCUT2D eigenvalue weighted by Crippen LogP contribution is -2.35. The van der Waals surface area contributed by atoms with Gasteiger partial charge in [-0.15, -0.1) is 11.8 Å². The minimum atomic E-state index is 0.462. The number of fused-ring (bicyclic) bond motifs is 2. The van der Waals surface area contributed by atoms with Crippen molar-refractivity contribution in [1.29, 1.82) is 0 Å². The highest BCUT2D eigenvalue weighted by molar-refractivity contribution is 8.03. The molecule has 2 heteroatoms. The molecule has 4 unspecified atom stereocenters. The molecule has 4 rings (SSSR count). The van der Waals surface area contributed by atoms with Crippen LogP contribution in [-0.2, 0) is 4.74 Å². The summed E-state index contributed by atoms with van der Waals surface area (Å²) in [7, 11) is 0. The third-order valence-electron chi connectivity index (χ3n) is 5.10. The van der Waals surface area contributed by atoms with Crippen LogP contribution in [-0.4, -0.2) is 11.9 Å². The maximum atomic E-state index is 6.37. The van der Waals surface area contributed by atoms with Crippen LogP contribution in [0.4, 0.5) is 0 Å². The maximum Gasteiger partial charge on any atom is 0.102 e. The standard InChI is InChI=1S/C18H22OS/c1-3-7-16-13(5-1)9-10-17(19-16)15-11-14-6-2-4-8-18(14)20-12-15/h1-4,7-8,13-15,17H,5-6,9-12H2. The van der Waals surface area contributed by atoms with Gasteiger partial charge >= 0.3 is 0 Å². The van der Waals surface area contributed by atoms with E-state index in [1.807, 2.05) is 0 Å². The van der Waals surface area contributed by atoms with Crippen LogP contribution in [0.3, 0.4) is 0 Å². The average molecular weight is 286 g/mol. The van der Waals surface area contributed by atoms with E-state index in [4.69, 9.17) is 4.74 Å². The molecule has 0 radical (unpaired) electrons. The summed E-state index contributed by atoms with van der Waals surface area (Å²) in [5.41, 5.74) is 0. The number of hydrogen-bond donors (Lipinski definition) is 0. The molecule has 0 N–H and O–H groups in total. The van der Waals surface area contributed by atoms with E-state index >= 15 is 0 Å². The summed E-state index contributed by atoms with van der Waals surface area (Å²) in [6, 6.07) is 0. The molecule has 20 heavy (non-hydrogen) atoms. The van der Waals surface area contributed by atoms with Crippen LogP contribution in [0.25, 0.3) is 0 Å². The largest absolute Gasteiger partial charge is 0.494 e. The van der Waals surface area contributed by atoms with Crippen LogP contribution in [0, 0.1) is 17.8 Å². The van der Waals surface area contributed by atoms with Gasteiger partial charge in [0.15, 0.2) is 0 Å². The molecule has 0 aromatic rings. The highest BCUT2D eigenvalue weighted by Crippen LogP contribution is 2.45. The predicted octanol–water partition coefficient (Wildman–Crippen LogP) is 4.84. The molecule has 2 aliphatic carbocycles. The Hall–Kier alpha value is -0.890. The number of ether oxygens (including phenoxy) is 1. The highest BCUT2D eigenvalue weighted by atomic mass is 32.2. The Bertz CT molecular complexity index is 500. The van der Waals surface area contributed by atoms with E-state index < -0.39 is 0 Å². The van der Waals surface area contributed by atoms with Crippen molar-refractivity contribution in [2.45, 2.75) is 38.2 Å². The first-order valence-electron chi connectivity index (χ1n) is 7.93. The summed E-state index contributed by atoms with van der Waals surface area (Å²) < 4.78 is 6.37. The van der Waals surface area contributed by atoms with Crippen LogP contribution < -0.4 is 0 Å². The third kappa shape index (κ3) is 2.39. The van der Waals surface area contributed by atoms with Gasteiger partial charge in [-0.2, -0.15) is 0 Å². The minimum Gasteiger partial charge on any atom is -0.494 e. The van der Waals surface area contributed by atoms with Gasteiger partial charge in [-0.3, -0.25) is 0 Å². The molecular weight excluding hydrogens is 264 g/mol. The van der Waals surface area contributed by atoms with Gasteiger partial charge in [0.1, 0.15) is 6.10 Å². The summed E-state index contributed by atoms with van der Waals surface area (Å²) in [4.78, 5) is 1.61. The number of allylic oxidation sites excluding steroid dienone is 8. The van der Waals surface area contributed by atoms with Crippen LogP contribution >= 0.6 is 11.8 Å². The monoisotopic (exact) mass is 286 g/mol. The van der Waals surface area contributed by atoms with Crippen molar-refractivity contribution in [3.63, 3.8) is 0 Å². The van der Waals surface area contributed by atoms with Gasteiger partial charge in [-0.05, 0) is 49.0 Å². The van der Waals surface area contributed by atoms with Crippen molar-refractivity contribution in [2.24, 2.45) is 17.8 Å². The summed E-state index contributed by atoms with van der Waals surface area (Å²) in [5, 5.41) is 0. The van der Waals surface area contributed by atoms with Gasteiger partial charge in [-0.25, -0.2) is 0 Å². The predicted molar refractivity (Wildman–Crippen MR) is 85.3 cm³/mol. The van der Waals surface area contributed by atoms with E-state index in [1.54, 1.807) is 4.91 Å². The molecule has 2 saturated heterocycles.